The second-order valence-electron chi connectivity index (χ2n) is 5.75. The Labute approximate surface area is 119 Å². The molecule has 0 spiro atoms. The van der Waals surface area contributed by atoms with Crippen molar-refractivity contribution in [1.29, 1.82) is 0 Å². The van der Waals surface area contributed by atoms with Crippen LogP contribution in [0.25, 0.3) is 0 Å². The van der Waals surface area contributed by atoms with E-state index in [1.54, 1.807) is 12.1 Å². The fourth-order valence-corrected chi connectivity index (χ4v) is 2.00. The molecule has 0 heterocycles. The van der Waals surface area contributed by atoms with E-state index in [2.05, 4.69) is 5.32 Å². The molecule has 6 nitrogen and oxygen atoms in total. The Bertz CT molecular complexity index is 574. The zero-order valence-electron chi connectivity index (χ0n) is 11.9. The summed E-state index contributed by atoms with van der Waals surface area (Å²) in [5.74, 6) is -0.243. The number of hydrogen-bond donors (Lipinski definition) is 3. The van der Waals surface area contributed by atoms with Gasteiger partial charge in [0.05, 0.1) is 10.9 Å². The standard InChI is InChI=1S/C13H21N3O3S/c1-13(2,3)11(14)12(17)16-8-9-4-6-10(7-5-9)20(15,18)19/h4-7,11H,8,14H2,1-3H3,(H,16,17)(H2,15,18,19). The van der Waals surface area contributed by atoms with Crippen LogP contribution in [-0.4, -0.2) is 20.4 Å². The zero-order chi connectivity index (χ0) is 15.6. The minimum absolute atomic E-state index is 0.0407. The lowest BCUT2D eigenvalue weighted by atomic mass is 9.87. The summed E-state index contributed by atoms with van der Waals surface area (Å²) < 4.78 is 22.2. The average Bonchev–Trinajstić information content (AvgIpc) is 2.33. The van der Waals surface area contributed by atoms with Gasteiger partial charge in [-0.05, 0) is 23.1 Å². The summed E-state index contributed by atoms with van der Waals surface area (Å²) in [7, 11) is -3.69. The van der Waals surface area contributed by atoms with Gasteiger partial charge in [-0.25, -0.2) is 13.6 Å². The fourth-order valence-electron chi connectivity index (χ4n) is 1.49. The minimum atomic E-state index is -3.69. The Kier molecular flexibility index (Phi) is 4.90. The quantitative estimate of drug-likeness (QED) is 0.742. The van der Waals surface area contributed by atoms with Crippen molar-refractivity contribution in [2.45, 2.75) is 38.3 Å². The maximum atomic E-state index is 11.8. The second kappa shape index (κ2) is 5.90. The van der Waals surface area contributed by atoms with Crippen LogP contribution < -0.4 is 16.2 Å². The molecule has 1 rings (SSSR count). The number of benzene rings is 1. The average molecular weight is 299 g/mol. The van der Waals surface area contributed by atoms with E-state index in [4.69, 9.17) is 10.9 Å². The van der Waals surface area contributed by atoms with E-state index in [0.717, 1.165) is 5.56 Å². The molecule has 1 atom stereocenters. The summed E-state index contributed by atoms with van der Waals surface area (Å²) in [5, 5.41) is 7.72. The number of carbonyl (C=O) groups is 1. The number of nitrogens with two attached hydrogens (primary N) is 2. The second-order valence-corrected chi connectivity index (χ2v) is 7.31. The van der Waals surface area contributed by atoms with Gasteiger partial charge in [0.15, 0.2) is 0 Å². The van der Waals surface area contributed by atoms with Crippen LogP contribution in [0, 0.1) is 5.41 Å². The van der Waals surface area contributed by atoms with Crippen LogP contribution in [0.2, 0.25) is 0 Å². The molecule has 0 bridgehead atoms. The van der Waals surface area contributed by atoms with Crippen LogP contribution in [0.5, 0.6) is 0 Å². The SMILES string of the molecule is CC(C)(C)C(N)C(=O)NCc1ccc(S(N)(=O)=O)cc1. The van der Waals surface area contributed by atoms with Crippen molar-refractivity contribution in [2.24, 2.45) is 16.3 Å². The van der Waals surface area contributed by atoms with Crippen LogP contribution in [0.3, 0.4) is 0 Å². The maximum Gasteiger partial charge on any atom is 0.238 e. The van der Waals surface area contributed by atoms with E-state index in [1.165, 1.54) is 12.1 Å². The smallest absolute Gasteiger partial charge is 0.238 e. The zero-order valence-corrected chi connectivity index (χ0v) is 12.7. The lowest BCUT2D eigenvalue weighted by Gasteiger charge is -2.25. The summed E-state index contributed by atoms with van der Waals surface area (Å²) in [6, 6.07) is 5.40. The number of rotatable bonds is 4. The van der Waals surface area contributed by atoms with E-state index in [-0.39, 0.29) is 22.8 Å². The highest BCUT2D eigenvalue weighted by Gasteiger charge is 2.27. The van der Waals surface area contributed by atoms with Crippen molar-refractivity contribution in [2.75, 3.05) is 0 Å². The van der Waals surface area contributed by atoms with E-state index in [9.17, 15) is 13.2 Å². The first kappa shape index (κ1) is 16.6. The van der Waals surface area contributed by atoms with E-state index in [0.29, 0.717) is 0 Å². The molecule has 0 aliphatic heterocycles. The number of carbonyl (C=O) groups excluding carboxylic acids is 1. The van der Waals surface area contributed by atoms with Gasteiger partial charge in [0.25, 0.3) is 0 Å². The maximum absolute atomic E-state index is 11.8. The largest absolute Gasteiger partial charge is 0.351 e. The van der Waals surface area contributed by atoms with Crippen LogP contribution in [0.1, 0.15) is 26.3 Å². The first-order chi connectivity index (χ1) is 9.01. The van der Waals surface area contributed by atoms with Gasteiger partial charge in [0.1, 0.15) is 0 Å². The topological polar surface area (TPSA) is 115 Å². The first-order valence-corrected chi connectivity index (χ1v) is 7.71. The van der Waals surface area contributed by atoms with Gasteiger partial charge in [0, 0.05) is 6.54 Å². The number of amides is 1. The number of primary sulfonamides is 1. The van der Waals surface area contributed by atoms with E-state index >= 15 is 0 Å². The molecule has 1 aromatic carbocycles. The van der Waals surface area contributed by atoms with E-state index < -0.39 is 16.1 Å². The molecule has 0 saturated heterocycles. The van der Waals surface area contributed by atoms with Crippen LogP contribution in [0.4, 0.5) is 0 Å². The summed E-state index contributed by atoms with van der Waals surface area (Å²) >= 11 is 0. The number of nitrogens with one attached hydrogen (secondary N) is 1. The predicted molar refractivity (Wildman–Crippen MR) is 77.1 cm³/mol. The van der Waals surface area contributed by atoms with Crippen LogP contribution in [0.15, 0.2) is 29.2 Å². The van der Waals surface area contributed by atoms with Gasteiger partial charge in [-0.2, -0.15) is 0 Å². The molecule has 20 heavy (non-hydrogen) atoms. The summed E-state index contributed by atoms with van der Waals surface area (Å²) in [6.45, 7) is 5.95. The molecule has 0 radical (unpaired) electrons. The highest BCUT2D eigenvalue weighted by Crippen LogP contribution is 2.17. The Morgan fingerprint density at radius 1 is 1.25 bits per heavy atom. The molecule has 0 aliphatic rings. The Balaban J connectivity index is 2.66. The van der Waals surface area contributed by atoms with Gasteiger partial charge >= 0.3 is 0 Å². The van der Waals surface area contributed by atoms with Gasteiger partial charge in [-0.1, -0.05) is 32.9 Å². The first-order valence-electron chi connectivity index (χ1n) is 6.17. The Hall–Kier alpha value is -1.44. The van der Waals surface area contributed by atoms with Crippen molar-refractivity contribution in [3.8, 4) is 0 Å². The van der Waals surface area contributed by atoms with Gasteiger partial charge in [-0.15, -0.1) is 0 Å². The third-order valence-electron chi connectivity index (χ3n) is 2.93. The predicted octanol–water partition coefficient (Wildman–Crippen LogP) is 0.324. The molecule has 0 fully saturated rings. The van der Waals surface area contributed by atoms with Crippen molar-refractivity contribution >= 4 is 15.9 Å². The summed E-state index contributed by atoms with van der Waals surface area (Å²) in [5.41, 5.74) is 6.28. The number of sulfonamides is 1. The molecule has 0 aliphatic carbocycles. The van der Waals surface area contributed by atoms with Crippen LogP contribution in [-0.2, 0) is 21.4 Å². The molecular weight excluding hydrogens is 278 g/mol. The molecule has 1 amide bonds. The monoisotopic (exact) mass is 299 g/mol. The Morgan fingerprint density at radius 2 is 1.75 bits per heavy atom. The fraction of sp³-hybridized carbons (Fsp3) is 0.462. The van der Waals surface area contributed by atoms with Crippen molar-refractivity contribution < 1.29 is 13.2 Å². The molecule has 5 N–H and O–H groups in total. The molecule has 0 aromatic heterocycles. The Morgan fingerprint density at radius 3 is 2.15 bits per heavy atom. The normalized spacial score (nSPS) is 13.8. The highest BCUT2D eigenvalue weighted by atomic mass is 32.2. The van der Waals surface area contributed by atoms with Crippen molar-refractivity contribution in [3.63, 3.8) is 0 Å². The minimum Gasteiger partial charge on any atom is -0.351 e. The van der Waals surface area contributed by atoms with Crippen molar-refractivity contribution in [1.82, 2.24) is 5.32 Å². The highest BCUT2D eigenvalue weighted by molar-refractivity contribution is 7.89. The molecule has 0 saturated carbocycles. The van der Waals surface area contributed by atoms with Gasteiger partial charge in [0.2, 0.25) is 15.9 Å². The van der Waals surface area contributed by atoms with Gasteiger partial charge < -0.3 is 11.1 Å². The number of hydrogen-bond acceptors (Lipinski definition) is 4. The molecule has 7 heteroatoms. The summed E-state index contributed by atoms with van der Waals surface area (Å²) in [6.07, 6.45) is 0. The van der Waals surface area contributed by atoms with Gasteiger partial charge in [-0.3, -0.25) is 4.79 Å². The lowest BCUT2D eigenvalue weighted by molar-refractivity contribution is -0.124. The van der Waals surface area contributed by atoms with E-state index in [1.807, 2.05) is 20.8 Å². The molecule has 112 valence electrons. The van der Waals surface area contributed by atoms with Crippen molar-refractivity contribution in [3.05, 3.63) is 29.8 Å². The summed E-state index contributed by atoms with van der Waals surface area (Å²) in [4.78, 5) is 11.9. The molecular formula is C13H21N3O3S. The lowest BCUT2D eigenvalue weighted by Crippen LogP contribution is -2.48. The third-order valence-corrected chi connectivity index (χ3v) is 3.86. The van der Waals surface area contributed by atoms with Crippen LogP contribution >= 0.6 is 0 Å². The third kappa shape index (κ3) is 4.59. The molecule has 1 unspecified atom stereocenters. The molecule has 1 aromatic rings.